The second kappa shape index (κ2) is 20.5. The minimum atomic E-state index is -0.947. The van der Waals surface area contributed by atoms with Crippen LogP contribution >= 0.6 is 0 Å². The number of carbonyl (C=O) groups excluding carboxylic acids is 1. The lowest BCUT2D eigenvalue weighted by atomic mass is 10.0. The number of aliphatic carboxylic acids is 1. The van der Waals surface area contributed by atoms with Crippen LogP contribution in [0.2, 0.25) is 0 Å². The van der Waals surface area contributed by atoms with Gasteiger partial charge in [0, 0.05) is 0 Å². The minimum Gasteiger partial charge on any atom is -0.481 e. The average Bonchev–Trinajstić information content (AvgIpc) is 2.82. The lowest BCUT2D eigenvalue weighted by Crippen LogP contribution is -2.19. The molecule has 0 aliphatic carbocycles. The van der Waals surface area contributed by atoms with Gasteiger partial charge in [-0.25, -0.2) is 0 Å². The summed E-state index contributed by atoms with van der Waals surface area (Å²) in [5, 5.41) is 9.39. The number of allylic oxidation sites excluding steroid dienone is 2. The number of carboxylic acids is 1. The van der Waals surface area contributed by atoms with E-state index in [1.54, 1.807) is 0 Å². The molecule has 1 rings (SSSR count). The summed E-state index contributed by atoms with van der Waals surface area (Å²) < 4.78 is 5.22. The molecule has 0 aliphatic rings. The topological polar surface area (TPSA) is 63.6 Å². The highest BCUT2D eigenvalue weighted by atomic mass is 16.5. The van der Waals surface area contributed by atoms with Crippen LogP contribution in [0.3, 0.4) is 0 Å². The van der Waals surface area contributed by atoms with Gasteiger partial charge in [0.1, 0.15) is 6.61 Å². The number of rotatable bonds is 21. The van der Waals surface area contributed by atoms with E-state index < -0.39 is 17.9 Å². The molecule has 0 radical (unpaired) electrons. The molecule has 33 heavy (non-hydrogen) atoms. The Hall–Kier alpha value is -2.10. The van der Waals surface area contributed by atoms with Gasteiger partial charge in [-0.15, -0.1) is 0 Å². The number of esters is 1. The first-order valence-electron chi connectivity index (χ1n) is 13.2. The zero-order valence-corrected chi connectivity index (χ0v) is 20.8. The van der Waals surface area contributed by atoms with E-state index in [9.17, 15) is 14.7 Å². The maximum absolute atomic E-state index is 12.0. The highest BCUT2D eigenvalue weighted by Crippen LogP contribution is 2.15. The molecule has 0 spiro atoms. The van der Waals surface area contributed by atoms with Crippen molar-refractivity contribution in [1.29, 1.82) is 0 Å². The second-order valence-corrected chi connectivity index (χ2v) is 9.12. The molecule has 0 bridgehead atoms. The molecule has 1 N–H and O–H groups in total. The molecule has 0 amide bonds. The molecule has 1 unspecified atom stereocenters. The largest absolute Gasteiger partial charge is 0.481 e. The van der Waals surface area contributed by atoms with Crippen LogP contribution in [0, 0.1) is 5.92 Å². The van der Waals surface area contributed by atoms with Crippen molar-refractivity contribution in [1.82, 2.24) is 0 Å². The number of hydrogen-bond donors (Lipinski definition) is 1. The Morgan fingerprint density at radius 1 is 0.818 bits per heavy atom. The Morgan fingerprint density at radius 3 is 1.91 bits per heavy atom. The first kappa shape index (κ1) is 28.9. The van der Waals surface area contributed by atoms with E-state index in [0.717, 1.165) is 18.4 Å². The number of benzene rings is 1. The van der Waals surface area contributed by atoms with Gasteiger partial charge in [-0.05, 0) is 24.8 Å². The normalized spacial score (nSPS) is 12.2. The van der Waals surface area contributed by atoms with E-state index in [4.69, 9.17) is 4.74 Å². The number of hydrogen-bond acceptors (Lipinski definition) is 3. The van der Waals surface area contributed by atoms with E-state index in [1.165, 1.54) is 77.0 Å². The van der Waals surface area contributed by atoms with Gasteiger partial charge >= 0.3 is 11.9 Å². The summed E-state index contributed by atoms with van der Waals surface area (Å²) in [5.74, 6) is -2.13. The highest BCUT2D eigenvalue weighted by Gasteiger charge is 2.20. The molecule has 0 aliphatic heterocycles. The van der Waals surface area contributed by atoms with Crippen LogP contribution in [0.4, 0.5) is 0 Å². The second-order valence-electron chi connectivity index (χ2n) is 9.12. The van der Waals surface area contributed by atoms with Gasteiger partial charge in [0.25, 0.3) is 0 Å². The van der Waals surface area contributed by atoms with E-state index >= 15 is 0 Å². The van der Waals surface area contributed by atoms with Gasteiger partial charge in [-0.2, -0.15) is 0 Å². The van der Waals surface area contributed by atoms with Crippen LogP contribution < -0.4 is 0 Å². The summed E-state index contributed by atoms with van der Waals surface area (Å²) >= 11 is 0. The summed E-state index contributed by atoms with van der Waals surface area (Å²) in [6.07, 6.45) is 22.7. The molecule has 0 fully saturated rings. The Morgan fingerprint density at radius 2 is 1.36 bits per heavy atom. The zero-order valence-electron chi connectivity index (χ0n) is 20.8. The summed E-state index contributed by atoms with van der Waals surface area (Å²) in [5.41, 5.74) is 0.899. The molecule has 0 heterocycles. The Balaban J connectivity index is 2.01. The molecular formula is C29H46O4. The fourth-order valence-corrected chi connectivity index (χ4v) is 3.93. The average molecular weight is 459 g/mol. The van der Waals surface area contributed by atoms with Crippen LogP contribution in [0.25, 0.3) is 0 Å². The highest BCUT2D eigenvalue weighted by molar-refractivity contribution is 5.78. The third-order valence-electron chi connectivity index (χ3n) is 6.07. The molecule has 0 aromatic heterocycles. The number of carbonyl (C=O) groups is 2. The molecule has 0 saturated heterocycles. The van der Waals surface area contributed by atoms with Gasteiger partial charge < -0.3 is 9.84 Å². The zero-order chi connectivity index (χ0) is 24.0. The van der Waals surface area contributed by atoms with Crippen molar-refractivity contribution in [3.05, 3.63) is 48.0 Å². The fourth-order valence-electron chi connectivity index (χ4n) is 3.93. The lowest BCUT2D eigenvalue weighted by molar-refractivity contribution is -0.152. The molecule has 0 saturated carbocycles. The number of carboxylic acid groups (broad SMARTS) is 1. The molecule has 4 heteroatoms. The SMILES string of the molecule is CCCCCCCCCCCCCCCC=CCC(CC(=O)OCc1ccccc1)C(=O)O. The van der Waals surface area contributed by atoms with Gasteiger partial charge in [0.15, 0.2) is 0 Å². The molecule has 1 aromatic carbocycles. The van der Waals surface area contributed by atoms with Crippen molar-refractivity contribution < 1.29 is 19.4 Å². The standard InChI is InChI=1S/C29H46O4/c1-2-3-4-5-6-7-8-9-10-11-12-13-14-15-16-20-23-27(29(31)32)24-28(30)33-25-26-21-18-17-19-22-26/h16-22,27H,2-15,23-25H2,1H3,(H,31,32). The van der Waals surface area contributed by atoms with Crippen LogP contribution in [0.15, 0.2) is 42.5 Å². The smallest absolute Gasteiger partial charge is 0.307 e. The van der Waals surface area contributed by atoms with E-state index in [1.807, 2.05) is 36.4 Å². The third-order valence-corrected chi connectivity index (χ3v) is 6.07. The maximum Gasteiger partial charge on any atom is 0.307 e. The molecule has 1 atom stereocenters. The minimum absolute atomic E-state index is 0.0920. The summed E-state index contributed by atoms with van der Waals surface area (Å²) in [6, 6.07) is 9.41. The van der Waals surface area contributed by atoms with Crippen molar-refractivity contribution in [3.63, 3.8) is 0 Å². The lowest BCUT2D eigenvalue weighted by Gasteiger charge is -2.10. The monoisotopic (exact) mass is 458 g/mol. The van der Waals surface area contributed by atoms with Gasteiger partial charge in [-0.3, -0.25) is 9.59 Å². The van der Waals surface area contributed by atoms with Crippen molar-refractivity contribution in [2.24, 2.45) is 5.92 Å². The first-order valence-corrected chi connectivity index (χ1v) is 13.2. The van der Waals surface area contributed by atoms with Gasteiger partial charge in [0.2, 0.25) is 0 Å². The summed E-state index contributed by atoms with van der Waals surface area (Å²) in [7, 11) is 0. The molecule has 186 valence electrons. The van der Waals surface area contributed by atoms with Crippen molar-refractivity contribution >= 4 is 11.9 Å². The number of unbranched alkanes of at least 4 members (excludes halogenated alkanes) is 13. The third kappa shape index (κ3) is 17.1. The Kier molecular flexibility index (Phi) is 18.0. The van der Waals surface area contributed by atoms with Crippen LogP contribution in [-0.4, -0.2) is 17.0 Å². The van der Waals surface area contributed by atoms with Crippen LogP contribution in [0.5, 0.6) is 0 Å². The fraction of sp³-hybridized carbons (Fsp3) is 0.655. The predicted molar refractivity (Wildman–Crippen MR) is 136 cm³/mol. The van der Waals surface area contributed by atoms with Crippen molar-refractivity contribution in [2.45, 2.75) is 116 Å². The molecule has 1 aromatic rings. The van der Waals surface area contributed by atoms with Crippen LogP contribution in [0.1, 0.15) is 115 Å². The van der Waals surface area contributed by atoms with Crippen LogP contribution in [-0.2, 0) is 20.9 Å². The van der Waals surface area contributed by atoms with E-state index in [-0.39, 0.29) is 13.0 Å². The maximum atomic E-state index is 12.0. The molecular weight excluding hydrogens is 412 g/mol. The molecule has 4 nitrogen and oxygen atoms in total. The quantitative estimate of drug-likeness (QED) is 0.114. The predicted octanol–water partition coefficient (Wildman–Crippen LogP) is 8.25. The summed E-state index contributed by atoms with van der Waals surface area (Å²) in [6.45, 7) is 2.45. The van der Waals surface area contributed by atoms with Crippen molar-refractivity contribution in [3.8, 4) is 0 Å². The summed E-state index contributed by atoms with van der Waals surface area (Å²) in [4.78, 5) is 23.5. The van der Waals surface area contributed by atoms with Gasteiger partial charge in [-0.1, -0.05) is 126 Å². The van der Waals surface area contributed by atoms with E-state index in [0.29, 0.717) is 6.42 Å². The number of ether oxygens (including phenoxy) is 1. The Labute approximate surface area is 201 Å². The van der Waals surface area contributed by atoms with E-state index in [2.05, 4.69) is 13.0 Å². The first-order chi connectivity index (χ1) is 16.1. The van der Waals surface area contributed by atoms with Crippen molar-refractivity contribution in [2.75, 3.05) is 0 Å². The van der Waals surface area contributed by atoms with Gasteiger partial charge in [0.05, 0.1) is 12.3 Å². The Bertz CT molecular complexity index is 638.